The predicted molar refractivity (Wildman–Crippen MR) is 80.0 cm³/mol. The van der Waals surface area contributed by atoms with Gasteiger partial charge in [-0.1, -0.05) is 30.3 Å². The maximum absolute atomic E-state index is 3.45. The summed E-state index contributed by atoms with van der Waals surface area (Å²) in [5.74, 6) is 0.870. The molecule has 19 heavy (non-hydrogen) atoms. The molecule has 0 amide bonds. The second kappa shape index (κ2) is 5.64. The van der Waals surface area contributed by atoms with E-state index in [1.165, 1.54) is 31.2 Å². The highest BCUT2D eigenvalue weighted by Gasteiger charge is 2.41. The second-order valence-electron chi connectivity index (χ2n) is 6.35. The molecule has 2 nitrogen and oxygen atoms in total. The number of hydrogen-bond acceptors (Lipinski definition) is 2. The average Bonchev–Trinajstić information content (AvgIpc) is 2.69. The van der Waals surface area contributed by atoms with E-state index in [9.17, 15) is 0 Å². The van der Waals surface area contributed by atoms with E-state index < -0.39 is 0 Å². The van der Waals surface area contributed by atoms with Crippen molar-refractivity contribution in [2.24, 2.45) is 5.92 Å². The molecule has 3 unspecified atom stereocenters. The zero-order chi connectivity index (χ0) is 13.2. The second-order valence-corrected chi connectivity index (χ2v) is 6.35. The van der Waals surface area contributed by atoms with E-state index >= 15 is 0 Å². The van der Waals surface area contributed by atoms with Crippen LogP contribution in [0.1, 0.15) is 38.2 Å². The van der Waals surface area contributed by atoms with Crippen LogP contribution in [0.4, 0.5) is 0 Å². The largest absolute Gasteiger partial charge is 0.317 e. The fraction of sp³-hybridized carbons (Fsp3) is 0.647. The van der Waals surface area contributed by atoms with Crippen LogP contribution in [0.25, 0.3) is 0 Å². The van der Waals surface area contributed by atoms with Crippen molar-refractivity contribution < 1.29 is 0 Å². The van der Waals surface area contributed by atoms with Gasteiger partial charge in [0.15, 0.2) is 0 Å². The summed E-state index contributed by atoms with van der Waals surface area (Å²) in [6.45, 7) is 3.49. The Labute approximate surface area is 117 Å². The average molecular weight is 258 g/mol. The van der Waals surface area contributed by atoms with Gasteiger partial charge in [0, 0.05) is 24.7 Å². The Balaban J connectivity index is 1.67. The number of benzene rings is 1. The van der Waals surface area contributed by atoms with Gasteiger partial charge in [0.25, 0.3) is 0 Å². The fourth-order valence-electron chi connectivity index (χ4n) is 4.01. The van der Waals surface area contributed by atoms with E-state index in [0.717, 1.165) is 24.5 Å². The summed E-state index contributed by atoms with van der Waals surface area (Å²) in [6.07, 6.45) is 5.57. The number of hydrogen-bond donors (Lipinski definition) is 1. The van der Waals surface area contributed by atoms with Gasteiger partial charge in [-0.2, -0.15) is 0 Å². The molecular weight excluding hydrogens is 232 g/mol. The van der Waals surface area contributed by atoms with E-state index in [1.807, 2.05) is 0 Å². The van der Waals surface area contributed by atoms with Crippen LogP contribution in [0.3, 0.4) is 0 Å². The number of piperidine rings is 1. The first kappa shape index (κ1) is 13.1. The molecule has 2 fully saturated rings. The van der Waals surface area contributed by atoms with Crippen molar-refractivity contribution in [1.29, 1.82) is 0 Å². The molecule has 2 heteroatoms. The first-order chi connectivity index (χ1) is 9.28. The monoisotopic (exact) mass is 258 g/mol. The Morgan fingerprint density at radius 1 is 1.16 bits per heavy atom. The quantitative estimate of drug-likeness (QED) is 0.893. The number of rotatable bonds is 4. The van der Waals surface area contributed by atoms with Crippen molar-refractivity contribution in [3.8, 4) is 0 Å². The Bertz CT molecular complexity index is 389. The Hall–Kier alpha value is -0.860. The van der Waals surface area contributed by atoms with Gasteiger partial charge >= 0.3 is 0 Å². The molecular formula is C17H26N2. The van der Waals surface area contributed by atoms with Gasteiger partial charge in [-0.3, -0.25) is 4.90 Å². The van der Waals surface area contributed by atoms with Crippen molar-refractivity contribution in [3.05, 3.63) is 35.9 Å². The highest BCUT2D eigenvalue weighted by Crippen LogP contribution is 2.40. The maximum atomic E-state index is 3.45. The summed E-state index contributed by atoms with van der Waals surface area (Å²) in [6, 6.07) is 13.3. The lowest BCUT2D eigenvalue weighted by atomic mass is 9.85. The Kier molecular flexibility index (Phi) is 3.90. The number of fused-ring (bicyclic) bond motifs is 2. The van der Waals surface area contributed by atoms with Crippen molar-refractivity contribution in [2.75, 3.05) is 7.05 Å². The van der Waals surface area contributed by atoms with Crippen molar-refractivity contribution >= 4 is 0 Å². The van der Waals surface area contributed by atoms with Crippen molar-refractivity contribution in [1.82, 2.24) is 10.2 Å². The molecule has 0 aromatic heterocycles. The van der Waals surface area contributed by atoms with Crippen LogP contribution in [0.2, 0.25) is 0 Å². The van der Waals surface area contributed by atoms with Crippen LogP contribution in [0, 0.1) is 5.92 Å². The molecule has 2 aliphatic rings. The lowest BCUT2D eigenvalue weighted by Crippen LogP contribution is -2.46. The van der Waals surface area contributed by atoms with E-state index in [1.54, 1.807) is 0 Å². The van der Waals surface area contributed by atoms with Crippen molar-refractivity contribution in [2.45, 2.75) is 57.3 Å². The van der Waals surface area contributed by atoms with Gasteiger partial charge in [0.2, 0.25) is 0 Å². The molecule has 0 aliphatic carbocycles. The first-order valence-electron chi connectivity index (χ1n) is 7.75. The highest BCUT2D eigenvalue weighted by atomic mass is 15.2. The zero-order valence-electron chi connectivity index (χ0n) is 12.2. The van der Waals surface area contributed by atoms with Crippen LogP contribution in [-0.4, -0.2) is 30.1 Å². The van der Waals surface area contributed by atoms with Gasteiger partial charge in [-0.15, -0.1) is 0 Å². The summed E-state index contributed by atoms with van der Waals surface area (Å²) in [7, 11) is 2.10. The zero-order valence-corrected chi connectivity index (χ0v) is 12.2. The van der Waals surface area contributed by atoms with Crippen LogP contribution < -0.4 is 5.32 Å². The predicted octanol–water partition coefficient (Wildman–Crippen LogP) is 3.04. The third-order valence-corrected chi connectivity index (χ3v) is 5.29. The van der Waals surface area contributed by atoms with Gasteiger partial charge < -0.3 is 5.32 Å². The molecule has 104 valence electrons. The molecule has 3 atom stereocenters. The normalized spacial score (nSPS) is 32.4. The summed E-state index contributed by atoms with van der Waals surface area (Å²) in [4.78, 5) is 2.77. The van der Waals surface area contributed by atoms with Gasteiger partial charge in [0.1, 0.15) is 0 Å². The molecule has 1 aromatic carbocycles. The molecule has 0 spiro atoms. The van der Waals surface area contributed by atoms with E-state index in [-0.39, 0.29) is 0 Å². The van der Waals surface area contributed by atoms with E-state index in [0.29, 0.717) is 6.04 Å². The highest BCUT2D eigenvalue weighted by molar-refractivity contribution is 5.15. The molecule has 1 N–H and O–H groups in total. The number of nitrogens with one attached hydrogen (secondary N) is 1. The van der Waals surface area contributed by atoms with Crippen LogP contribution in [0.5, 0.6) is 0 Å². The van der Waals surface area contributed by atoms with Gasteiger partial charge in [-0.05, 0) is 51.1 Å². The smallest absolute Gasteiger partial charge is 0.0239 e. The summed E-state index contributed by atoms with van der Waals surface area (Å²) in [5, 5.41) is 3.45. The Morgan fingerprint density at radius 2 is 1.79 bits per heavy atom. The Morgan fingerprint density at radius 3 is 2.37 bits per heavy atom. The van der Waals surface area contributed by atoms with Gasteiger partial charge in [0.05, 0.1) is 0 Å². The topological polar surface area (TPSA) is 15.3 Å². The van der Waals surface area contributed by atoms with Crippen molar-refractivity contribution in [3.63, 3.8) is 0 Å². The standard InChI is InChI=1S/C17H26N2/c1-13(18-2)15-10-16-8-9-17(11-15)19(16)12-14-6-4-3-5-7-14/h3-7,13,15-18H,8-12H2,1-2H3. The molecule has 2 saturated heterocycles. The summed E-state index contributed by atoms with van der Waals surface area (Å²) < 4.78 is 0. The van der Waals surface area contributed by atoms with Gasteiger partial charge in [-0.25, -0.2) is 0 Å². The molecule has 2 aliphatic heterocycles. The summed E-state index contributed by atoms with van der Waals surface area (Å²) in [5.41, 5.74) is 1.47. The van der Waals surface area contributed by atoms with E-state index in [4.69, 9.17) is 0 Å². The third-order valence-electron chi connectivity index (χ3n) is 5.29. The lowest BCUT2D eigenvalue weighted by molar-refractivity contribution is 0.0841. The molecule has 1 aromatic rings. The molecule has 2 bridgehead atoms. The molecule has 2 heterocycles. The lowest BCUT2D eigenvalue weighted by Gasteiger charge is -2.41. The van der Waals surface area contributed by atoms with E-state index in [2.05, 4.69) is 54.5 Å². The molecule has 0 radical (unpaired) electrons. The summed E-state index contributed by atoms with van der Waals surface area (Å²) >= 11 is 0. The number of nitrogens with zero attached hydrogens (tertiary/aromatic N) is 1. The van der Waals surface area contributed by atoms with Crippen LogP contribution >= 0.6 is 0 Å². The fourth-order valence-corrected chi connectivity index (χ4v) is 4.01. The third kappa shape index (κ3) is 2.70. The minimum atomic E-state index is 0.668. The maximum Gasteiger partial charge on any atom is 0.0239 e. The van der Waals surface area contributed by atoms with Crippen LogP contribution in [-0.2, 0) is 6.54 Å². The SMILES string of the molecule is CNC(C)C1CC2CCC(C1)N2Cc1ccccc1. The minimum absolute atomic E-state index is 0.668. The molecule has 0 saturated carbocycles. The first-order valence-corrected chi connectivity index (χ1v) is 7.75. The van der Waals surface area contributed by atoms with Crippen LogP contribution in [0.15, 0.2) is 30.3 Å². The molecule has 3 rings (SSSR count). The minimum Gasteiger partial charge on any atom is -0.317 e.